The Labute approximate surface area is 208 Å². The number of hydrogen-bond donors (Lipinski definition) is 2. The fourth-order valence-corrected chi connectivity index (χ4v) is 4.87. The number of carbonyl (C=O) groups excluding carboxylic acids is 2. The highest BCUT2D eigenvalue weighted by atomic mass is 16.2. The van der Waals surface area contributed by atoms with Crippen molar-refractivity contribution in [2.45, 2.75) is 115 Å². The van der Waals surface area contributed by atoms with Crippen molar-refractivity contribution < 1.29 is 9.59 Å². The minimum Gasteiger partial charge on any atom is -0.354 e. The predicted octanol–water partition coefficient (Wildman–Crippen LogP) is 5.63. The van der Waals surface area contributed by atoms with E-state index in [1.807, 2.05) is 37.4 Å². The van der Waals surface area contributed by atoms with Gasteiger partial charge in [-0.05, 0) is 38.4 Å². The molecule has 0 saturated carbocycles. The number of nitrogens with zero attached hydrogens (tertiary/aromatic N) is 1. The molecule has 1 aliphatic rings. The highest BCUT2D eigenvalue weighted by molar-refractivity contribution is 5.90. The number of benzene rings is 1. The standard InChI is InChI=1S/C29H49N3O2/c1-3-4-5-6-7-8-9-10-11-12-13-17-22-30-28(33)26(24-25-19-15-14-16-20-25)31-29(34)27-21-18-23-32(27)2/h14-16,19-20,26-27H,3-13,17-18,21-24H2,1-2H3,(H,30,33)(H,31,34)/t26-,27-/m0/s1. The van der Waals surface area contributed by atoms with Crippen molar-refractivity contribution in [1.29, 1.82) is 0 Å². The molecule has 34 heavy (non-hydrogen) atoms. The summed E-state index contributed by atoms with van der Waals surface area (Å²) < 4.78 is 0. The Morgan fingerprint density at radius 2 is 1.50 bits per heavy atom. The van der Waals surface area contributed by atoms with E-state index in [-0.39, 0.29) is 17.9 Å². The highest BCUT2D eigenvalue weighted by Crippen LogP contribution is 2.15. The Morgan fingerprint density at radius 1 is 0.912 bits per heavy atom. The van der Waals surface area contributed by atoms with Gasteiger partial charge >= 0.3 is 0 Å². The molecule has 2 rings (SSSR count). The van der Waals surface area contributed by atoms with E-state index >= 15 is 0 Å². The Morgan fingerprint density at radius 3 is 2.06 bits per heavy atom. The van der Waals surface area contributed by atoms with Crippen LogP contribution in [-0.2, 0) is 16.0 Å². The molecule has 192 valence electrons. The molecule has 2 amide bonds. The third-order valence-corrected chi connectivity index (χ3v) is 7.07. The minimum absolute atomic E-state index is 0.0264. The van der Waals surface area contributed by atoms with Crippen LogP contribution in [0.3, 0.4) is 0 Å². The Bertz CT molecular complexity index is 679. The fourth-order valence-electron chi connectivity index (χ4n) is 4.87. The molecule has 1 aromatic carbocycles. The van der Waals surface area contributed by atoms with Gasteiger partial charge in [0.25, 0.3) is 0 Å². The maximum Gasteiger partial charge on any atom is 0.242 e. The predicted molar refractivity (Wildman–Crippen MR) is 142 cm³/mol. The quantitative estimate of drug-likeness (QED) is 0.273. The van der Waals surface area contributed by atoms with E-state index < -0.39 is 6.04 Å². The molecule has 1 saturated heterocycles. The molecule has 0 unspecified atom stereocenters. The second kappa shape index (κ2) is 17.5. The van der Waals surface area contributed by atoms with Gasteiger partial charge in [-0.3, -0.25) is 14.5 Å². The molecular formula is C29H49N3O2. The number of unbranched alkanes of at least 4 members (excludes halogenated alkanes) is 11. The highest BCUT2D eigenvalue weighted by Gasteiger charge is 2.30. The largest absolute Gasteiger partial charge is 0.354 e. The number of nitrogens with one attached hydrogen (secondary N) is 2. The van der Waals surface area contributed by atoms with E-state index in [0.29, 0.717) is 13.0 Å². The van der Waals surface area contributed by atoms with E-state index in [4.69, 9.17) is 0 Å². The van der Waals surface area contributed by atoms with Crippen molar-refractivity contribution in [3.63, 3.8) is 0 Å². The SMILES string of the molecule is CCCCCCCCCCCCCCNC(=O)[C@H](Cc1ccccc1)NC(=O)[C@@H]1CCCN1C. The van der Waals surface area contributed by atoms with Crippen LogP contribution in [0.5, 0.6) is 0 Å². The van der Waals surface area contributed by atoms with E-state index in [9.17, 15) is 9.59 Å². The topological polar surface area (TPSA) is 61.4 Å². The molecule has 0 bridgehead atoms. The monoisotopic (exact) mass is 471 g/mol. The number of hydrogen-bond acceptors (Lipinski definition) is 3. The van der Waals surface area contributed by atoms with Crippen LogP contribution in [0.1, 0.15) is 102 Å². The second-order valence-corrected chi connectivity index (χ2v) is 10.1. The molecule has 2 N–H and O–H groups in total. The van der Waals surface area contributed by atoms with Crippen LogP contribution < -0.4 is 10.6 Å². The average molecular weight is 472 g/mol. The van der Waals surface area contributed by atoms with E-state index in [0.717, 1.165) is 37.8 Å². The first-order valence-electron chi connectivity index (χ1n) is 13.9. The molecule has 1 aliphatic heterocycles. The number of likely N-dealkylation sites (N-methyl/N-ethyl adjacent to an activating group) is 1. The van der Waals surface area contributed by atoms with Gasteiger partial charge in [-0.2, -0.15) is 0 Å². The Balaban J connectivity index is 1.63. The summed E-state index contributed by atoms with van der Waals surface area (Å²) >= 11 is 0. The van der Waals surface area contributed by atoms with Crippen LogP contribution >= 0.6 is 0 Å². The van der Waals surface area contributed by atoms with Crippen LogP contribution in [0, 0.1) is 0 Å². The van der Waals surface area contributed by atoms with Crippen molar-refractivity contribution in [3.05, 3.63) is 35.9 Å². The first-order valence-corrected chi connectivity index (χ1v) is 13.9. The van der Waals surface area contributed by atoms with Crippen molar-refractivity contribution >= 4 is 11.8 Å². The third kappa shape index (κ3) is 11.5. The first kappa shape index (κ1) is 28.4. The van der Waals surface area contributed by atoms with Gasteiger partial charge in [-0.25, -0.2) is 0 Å². The maximum absolute atomic E-state index is 12.9. The number of carbonyl (C=O) groups is 2. The molecule has 0 aliphatic carbocycles. The van der Waals surface area contributed by atoms with E-state index in [1.54, 1.807) is 0 Å². The van der Waals surface area contributed by atoms with Crippen molar-refractivity contribution in [2.24, 2.45) is 0 Å². The zero-order chi connectivity index (χ0) is 24.4. The number of rotatable bonds is 18. The van der Waals surface area contributed by atoms with Crippen LogP contribution in [0.25, 0.3) is 0 Å². The lowest BCUT2D eigenvalue weighted by molar-refractivity contribution is -0.131. The summed E-state index contributed by atoms with van der Waals surface area (Å²) in [5, 5.41) is 6.12. The fraction of sp³-hybridized carbons (Fsp3) is 0.724. The van der Waals surface area contributed by atoms with Gasteiger partial charge in [0.05, 0.1) is 6.04 Å². The first-order chi connectivity index (χ1) is 16.6. The molecule has 1 heterocycles. The van der Waals surface area contributed by atoms with Gasteiger partial charge < -0.3 is 10.6 Å². The maximum atomic E-state index is 12.9. The lowest BCUT2D eigenvalue weighted by Crippen LogP contribution is -2.52. The molecule has 5 heteroatoms. The molecule has 0 spiro atoms. The second-order valence-electron chi connectivity index (χ2n) is 10.1. The summed E-state index contributed by atoms with van der Waals surface area (Å²) in [6.45, 7) is 3.88. The van der Waals surface area contributed by atoms with Crippen LogP contribution in [0.4, 0.5) is 0 Å². The Kier molecular flexibility index (Phi) is 14.6. The molecule has 0 radical (unpaired) electrons. The summed E-state index contributed by atoms with van der Waals surface area (Å²) in [5.41, 5.74) is 1.06. The summed E-state index contributed by atoms with van der Waals surface area (Å²) in [4.78, 5) is 27.8. The van der Waals surface area contributed by atoms with Crippen molar-refractivity contribution in [3.8, 4) is 0 Å². The van der Waals surface area contributed by atoms with Gasteiger partial charge in [0, 0.05) is 13.0 Å². The number of amides is 2. The Hall–Kier alpha value is -1.88. The van der Waals surface area contributed by atoms with Gasteiger partial charge in [-0.1, -0.05) is 108 Å². The number of likely N-dealkylation sites (tertiary alicyclic amines) is 1. The smallest absolute Gasteiger partial charge is 0.242 e. The molecule has 0 aromatic heterocycles. The normalized spacial score (nSPS) is 16.9. The third-order valence-electron chi connectivity index (χ3n) is 7.07. The van der Waals surface area contributed by atoms with E-state index in [2.05, 4.69) is 22.5 Å². The molecule has 5 nitrogen and oxygen atoms in total. The van der Waals surface area contributed by atoms with Gasteiger partial charge in [0.15, 0.2) is 0 Å². The van der Waals surface area contributed by atoms with E-state index in [1.165, 1.54) is 64.2 Å². The zero-order valence-corrected chi connectivity index (χ0v) is 21.8. The molecule has 1 fully saturated rings. The summed E-state index contributed by atoms with van der Waals surface area (Å²) in [6, 6.07) is 9.30. The van der Waals surface area contributed by atoms with Crippen LogP contribution in [0.2, 0.25) is 0 Å². The van der Waals surface area contributed by atoms with Gasteiger partial charge in [0.2, 0.25) is 11.8 Å². The molecule has 2 atom stereocenters. The van der Waals surface area contributed by atoms with Crippen LogP contribution in [0.15, 0.2) is 30.3 Å². The molecule has 1 aromatic rings. The van der Waals surface area contributed by atoms with Gasteiger partial charge in [-0.15, -0.1) is 0 Å². The summed E-state index contributed by atoms with van der Waals surface area (Å²) in [7, 11) is 1.98. The van der Waals surface area contributed by atoms with Crippen LogP contribution in [-0.4, -0.2) is 48.9 Å². The minimum atomic E-state index is -0.527. The van der Waals surface area contributed by atoms with Gasteiger partial charge in [0.1, 0.15) is 6.04 Å². The molecular weight excluding hydrogens is 422 g/mol. The summed E-state index contributed by atoms with van der Waals surface area (Å²) in [6.07, 6.45) is 18.1. The van der Waals surface area contributed by atoms with Crippen molar-refractivity contribution in [2.75, 3.05) is 20.1 Å². The lowest BCUT2D eigenvalue weighted by Gasteiger charge is -2.23. The zero-order valence-electron chi connectivity index (χ0n) is 21.8. The average Bonchev–Trinajstić information content (AvgIpc) is 3.28. The summed E-state index contributed by atoms with van der Waals surface area (Å²) in [5.74, 6) is -0.0950. The lowest BCUT2D eigenvalue weighted by atomic mass is 10.0. The van der Waals surface area contributed by atoms with Crippen molar-refractivity contribution in [1.82, 2.24) is 15.5 Å².